The molecule has 6 heteroatoms. The fourth-order valence-corrected chi connectivity index (χ4v) is 2.08. The van der Waals surface area contributed by atoms with E-state index in [9.17, 15) is 4.39 Å². The molecule has 22 heavy (non-hydrogen) atoms. The van der Waals surface area contributed by atoms with Crippen molar-refractivity contribution in [2.75, 3.05) is 0 Å². The predicted molar refractivity (Wildman–Crippen MR) is 81.0 cm³/mol. The Bertz CT molecular complexity index is 746. The number of nitrogens with zero attached hydrogens (tertiary/aromatic N) is 3. The predicted octanol–water partition coefficient (Wildman–Crippen LogP) is 3.91. The Morgan fingerprint density at radius 1 is 0.955 bits per heavy atom. The molecule has 0 amide bonds. The van der Waals surface area contributed by atoms with E-state index in [0.717, 1.165) is 5.69 Å². The van der Waals surface area contributed by atoms with Gasteiger partial charge in [0.05, 0.1) is 10.7 Å². The summed E-state index contributed by atoms with van der Waals surface area (Å²) in [5.41, 5.74) is 1.65. The van der Waals surface area contributed by atoms with Gasteiger partial charge in [-0.1, -0.05) is 23.7 Å². The molecule has 0 saturated heterocycles. The maximum Gasteiger partial charge on any atom is 0.233 e. The van der Waals surface area contributed by atoms with E-state index in [0.29, 0.717) is 22.2 Å². The van der Waals surface area contributed by atoms with E-state index in [4.69, 9.17) is 16.3 Å². The minimum absolute atomic E-state index is 0.0108. The summed E-state index contributed by atoms with van der Waals surface area (Å²) < 4.78 is 19.1. The topological polar surface area (TPSA) is 47.9 Å². The second-order valence-electron chi connectivity index (χ2n) is 4.46. The Morgan fingerprint density at radius 3 is 2.55 bits per heavy atom. The van der Waals surface area contributed by atoms with Crippen LogP contribution in [0.2, 0.25) is 5.02 Å². The first-order valence-electron chi connectivity index (χ1n) is 6.55. The lowest BCUT2D eigenvalue weighted by Gasteiger charge is -2.07. The average Bonchev–Trinajstić information content (AvgIpc) is 2.56. The molecule has 1 aromatic carbocycles. The average molecular weight is 316 g/mol. The molecule has 0 saturated carbocycles. The normalized spacial score (nSPS) is 10.5. The van der Waals surface area contributed by atoms with Crippen LogP contribution < -0.4 is 4.74 Å². The van der Waals surface area contributed by atoms with Gasteiger partial charge in [-0.3, -0.25) is 4.98 Å². The molecule has 0 bridgehead atoms. The van der Waals surface area contributed by atoms with Crippen LogP contribution in [0.1, 0.15) is 5.56 Å². The highest BCUT2D eigenvalue weighted by Crippen LogP contribution is 2.21. The Kier molecular flexibility index (Phi) is 4.25. The van der Waals surface area contributed by atoms with Crippen LogP contribution in [0, 0.1) is 5.82 Å². The summed E-state index contributed by atoms with van der Waals surface area (Å²) in [5, 5.41) is 8.31. The molecule has 110 valence electrons. The molecular weight excluding hydrogens is 305 g/mol. The minimum atomic E-state index is -0.412. The van der Waals surface area contributed by atoms with E-state index in [-0.39, 0.29) is 6.61 Å². The quantitative estimate of drug-likeness (QED) is 0.732. The van der Waals surface area contributed by atoms with Gasteiger partial charge >= 0.3 is 0 Å². The van der Waals surface area contributed by atoms with E-state index >= 15 is 0 Å². The highest BCUT2D eigenvalue weighted by Gasteiger charge is 2.08. The summed E-state index contributed by atoms with van der Waals surface area (Å²) in [5.74, 6) is -0.121. The summed E-state index contributed by atoms with van der Waals surface area (Å²) in [7, 11) is 0. The number of hydrogen-bond acceptors (Lipinski definition) is 4. The number of pyridine rings is 1. The first kappa shape index (κ1) is 14.4. The number of ether oxygens (including phenoxy) is 1. The van der Waals surface area contributed by atoms with Gasteiger partial charge in [0, 0.05) is 17.8 Å². The van der Waals surface area contributed by atoms with Gasteiger partial charge in [-0.15, -0.1) is 10.2 Å². The molecule has 3 aromatic rings. The van der Waals surface area contributed by atoms with Crippen molar-refractivity contribution in [3.63, 3.8) is 0 Å². The summed E-state index contributed by atoms with van der Waals surface area (Å²) in [6, 6.07) is 13.4. The first-order valence-corrected chi connectivity index (χ1v) is 6.92. The standard InChI is InChI=1S/C16H11ClFN3O/c17-12-4-3-5-13(18)11(12)10-22-16-8-7-15(20-21-16)14-6-1-2-9-19-14/h1-9H,10H2. The van der Waals surface area contributed by atoms with Gasteiger partial charge in [0.25, 0.3) is 0 Å². The third kappa shape index (κ3) is 3.20. The molecular formula is C16H11ClFN3O. The van der Waals surface area contributed by atoms with E-state index < -0.39 is 5.82 Å². The zero-order valence-electron chi connectivity index (χ0n) is 11.4. The SMILES string of the molecule is Fc1cccc(Cl)c1COc1ccc(-c2ccccn2)nn1. The van der Waals surface area contributed by atoms with Crippen LogP contribution in [0.4, 0.5) is 4.39 Å². The molecule has 0 fully saturated rings. The van der Waals surface area contributed by atoms with Crippen molar-refractivity contribution in [1.82, 2.24) is 15.2 Å². The molecule has 0 atom stereocenters. The molecule has 2 heterocycles. The van der Waals surface area contributed by atoms with Gasteiger partial charge in [-0.05, 0) is 30.3 Å². The highest BCUT2D eigenvalue weighted by atomic mass is 35.5. The lowest BCUT2D eigenvalue weighted by molar-refractivity contribution is 0.285. The Hall–Kier alpha value is -2.53. The molecule has 0 unspecified atom stereocenters. The largest absolute Gasteiger partial charge is 0.472 e. The van der Waals surface area contributed by atoms with Crippen molar-refractivity contribution in [3.05, 3.63) is 71.1 Å². The maximum atomic E-state index is 13.6. The van der Waals surface area contributed by atoms with Gasteiger partial charge in [0.15, 0.2) is 0 Å². The van der Waals surface area contributed by atoms with Crippen LogP contribution in [-0.2, 0) is 6.61 Å². The molecule has 0 aliphatic carbocycles. The zero-order valence-corrected chi connectivity index (χ0v) is 12.2. The first-order chi connectivity index (χ1) is 10.7. The summed E-state index contributed by atoms with van der Waals surface area (Å²) in [4.78, 5) is 4.19. The van der Waals surface area contributed by atoms with Crippen LogP contribution in [0.3, 0.4) is 0 Å². The van der Waals surface area contributed by atoms with Crippen molar-refractivity contribution in [3.8, 4) is 17.3 Å². The summed E-state index contributed by atoms with van der Waals surface area (Å²) in [6.07, 6.45) is 1.68. The van der Waals surface area contributed by atoms with Crippen molar-refractivity contribution < 1.29 is 9.13 Å². The van der Waals surface area contributed by atoms with Crippen LogP contribution in [0.5, 0.6) is 5.88 Å². The number of aromatic nitrogens is 3. The number of halogens is 2. The second kappa shape index (κ2) is 6.49. The monoisotopic (exact) mass is 315 g/mol. The molecule has 0 spiro atoms. The second-order valence-corrected chi connectivity index (χ2v) is 4.87. The van der Waals surface area contributed by atoms with Crippen LogP contribution >= 0.6 is 11.6 Å². The smallest absolute Gasteiger partial charge is 0.233 e. The lowest BCUT2D eigenvalue weighted by Crippen LogP contribution is -2.02. The minimum Gasteiger partial charge on any atom is -0.472 e. The van der Waals surface area contributed by atoms with Crippen LogP contribution in [0.25, 0.3) is 11.4 Å². The number of hydrogen-bond donors (Lipinski definition) is 0. The fraction of sp³-hybridized carbons (Fsp3) is 0.0625. The van der Waals surface area contributed by atoms with Crippen molar-refractivity contribution in [1.29, 1.82) is 0 Å². The van der Waals surface area contributed by atoms with Crippen molar-refractivity contribution >= 4 is 11.6 Å². The molecule has 0 N–H and O–H groups in total. The summed E-state index contributed by atoms with van der Waals surface area (Å²) in [6.45, 7) is -0.0108. The van der Waals surface area contributed by atoms with Gasteiger partial charge in [0.2, 0.25) is 5.88 Å². The molecule has 3 rings (SSSR count). The summed E-state index contributed by atoms with van der Waals surface area (Å²) >= 11 is 5.94. The highest BCUT2D eigenvalue weighted by molar-refractivity contribution is 6.31. The number of benzene rings is 1. The fourth-order valence-electron chi connectivity index (χ4n) is 1.86. The zero-order chi connectivity index (χ0) is 15.4. The molecule has 4 nitrogen and oxygen atoms in total. The van der Waals surface area contributed by atoms with Gasteiger partial charge < -0.3 is 4.74 Å². The van der Waals surface area contributed by atoms with E-state index in [1.807, 2.05) is 18.2 Å². The van der Waals surface area contributed by atoms with Crippen LogP contribution in [0.15, 0.2) is 54.7 Å². The molecule has 0 aliphatic rings. The van der Waals surface area contributed by atoms with Gasteiger partial charge in [0.1, 0.15) is 18.1 Å². The molecule has 2 aromatic heterocycles. The Labute approximate surface area is 131 Å². The Morgan fingerprint density at radius 2 is 1.86 bits per heavy atom. The van der Waals surface area contributed by atoms with Gasteiger partial charge in [-0.2, -0.15) is 0 Å². The molecule has 0 radical (unpaired) electrons. The van der Waals surface area contributed by atoms with Crippen LogP contribution in [-0.4, -0.2) is 15.2 Å². The maximum absolute atomic E-state index is 13.6. The third-order valence-corrected chi connectivity index (χ3v) is 3.35. The van der Waals surface area contributed by atoms with E-state index in [1.54, 1.807) is 30.5 Å². The van der Waals surface area contributed by atoms with Crippen molar-refractivity contribution in [2.24, 2.45) is 0 Å². The van der Waals surface area contributed by atoms with E-state index in [2.05, 4.69) is 15.2 Å². The van der Waals surface area contributed by atoms with Crippen molar-refractivity contribution in [2.45, 2.75) is 6.61 Å². The molecule has 0 aliphatic heterocycles. The van der Waals surface area contributed by atoms with E-state index in [1.165, 1.54) is 6.07 Å². The Balaban J connectivity index is 1.72. The number of rotatable bonds is 4. The third-order valence-electron chi connectivity index (χ3n) is 2.99. The van der Waals surface area contributed by atoms with Gasteiger partial charge in [-0.25, -0.2) is 4.39 Å². The lowest BCUT2D eigenvalue weighted by atomic mass is 10.2.